The number of hydrogen-bond donors (Lipinski definition) is 0. The molecule has 0 saturated carbocycles. The summed E-state index contributed by atoms with van der Waals surface area (Å²) in [5, 5.41) is 1.19. The fourth-order valence-electron chi connectivity index (χ4n) is 2.70. The Balaban J connectivity index is 2.06. The summed E-state index contributed by atoms with van der Waals surface area (Å²) < 4.78 is 1.19. The van der Waals surface area contributed by atoms with E-state index in [2.05, 4.69) is 49.1 Å². The molecule has 0 spiro atoms. The maximum Gasteiger partial charge on any atom is 0.233 e. The van der Waals surface area contributed by atoms with Gasteiger partial charge in [-0.1, -0.05) is 47.2 Å². The van der Waals surface area contributed by atoms with Crippen molar-refractivity contribution in [3.63, 3.8) is 0 Å². The largest absolute Gasteiger partial charge is 0.367 e. The molecule has 0 aliphatic carbocycles. The van der Waals surface area contributed by atoms with Crippen molar-refractivity contribution >= 4 is 27.1 Å². The summed E-state index contributed by atoms with van der Waals surface area (Å²) >= 11 is 1.32. The van der Waals surface area contributed by atoms with E-state index in [1.165, 1.54) is 28.0 Å². The van der Waals surface area contributed by atoms with Crippen molar-refractivity contribution in [2.24, 2.45) is 0 Å². The van der Waals surface area contributed by atoms with Gasteiger partial charge >= 0.3 is 0 Å². The predicted octanol–water partition coefficient (Wildman–Crippen LogP) is 4.60. The molecule has 2 aromatic carbocycles. The number of hydrogen-bond acceptors (Lipinski definition) is 3. The van der Waals surface area contributed by atoms with Crippen molar-refractivity contribution in [3.05, 3.63) is 75.3 Å². The van der Waals surface area contributed by atoms with Crippen LogP contribution in [0.1, 0.15) is 18.1 Å². The van der Waals surface area contributed by atoms with E-state index >= 15 is 0 Å². The molecule has 0 N–H and O–H groups in total. The summed E-state index contributed by atoms with van der Waals surface area (Å²) in [6.07, 6.45) is 0. The summed E-state index contributed by atoms with van der Waals surface area (Å²) in [6.45, 7) is 5.89. The lowest BCUT2D eigenvalue weighted by Crippen LogP contribution is -2.22. The molecular weight excluding hydrogens is 290 g/mol. The Hall–Kier alpha value is -2.13. The van der Waals surface area contributed by atoms with Crippen molar-refractivity contribution in [2.45, 2.75) is 20.4 Å². The Morgan fingerprint density at radius 1 is 1.05 bits per heavy atom. The zero-order valence-electron chi connectivity index (χ0n) is 12.9. The first kappa shape index (κ1) is 14.8. The second-order valence-corrected chi connectivity index (χ2v) is 6.49. The first-order valence-electron chi connectivity index (χ1n) is 7.51. The van der Waals surface area contributed by atoms with Crippen LogP contribution < -0.4 is 9.64 Å². The Morgan fingerprint density at radius 3 is 2.55 bits per heavy atom. The average molecular weight is 309 g/mol. The van der Waals surface area contributed by atoms with Crippen LogP contribution in [0.3, 0.4) is 0 Å². The zero-order chi connectivity index (χ0) is 15.5. The van der Waals surface area contributed by atoms with E-state index in [-0.39, 0.29) is 4.74 Å². The van der Waals surface area contributed by atoms with Crippen LogP contribution >= 0.6 is 11.3 Å². The van der Waals surface area contributed by atoms with Crippen molar-refractivity contribution in [2.75, 3.05) is 11.4 Å². The Morgan fingerprint density at radius 2 is 1.82 bits per heavy atom. The first-order chi connectivity index (χ1) is 10.7. The van der Waals surface area contributed by atoms with Crippen molar-refractivity contribution in [3.8, 4) is 0 Å². The van der Waals surface area contributed by atoms with Crippen LogP contribution in [0, 0.1) is 6.92 Å². The minimum atomic E-state index is 0.121. The molecule has 1 heterocycles. The van der Waals surface area contributed by atoms with E-state index in [0.29, 0.717) is 0 Å². The number of rotatable bonds is 4. The van der Waals surface area contributed by atoms with Gasteiger partial charge in [0.2, 0.25) is 4.74 Å². The minimum absolute atomic E-state index is 0.121. The van der Waals surface area contributed by atoms with Crippen LogP contribution in [0.25, 0.3) is 10.1 Å². The van der Waals surface area contributed by atoms with E-state index in [4.69, 9.17) is 0 Å². The Kier molecular flexibility index (Phi) is 4.25. The second kappa shape index (κ2) is 6.32. The molecular formula is C19H19NOS. The highest BCUT2D eigenvalue weighted by atomic mass is 32.1. The molecule has 3 rings (SSSR count). The number of benzene rings is 2. The van der Waals surface area contributed by atoms with E-state index in [1.54, 1.807) is 6.07 Å². The summed E-state index contributed by atoms with van der Waals surface area (Å²) in [5.74, 6) is 0. The molecule has 0 saturated heterocycles. The van der Waals surface area contributed by atoms with Gasteiger partial charge in [-0.2, -0.15) is 0 Å². The topological polar surface area (TPSA) is 20.3 Å². The number of fused-ring (bicyclic) bond motifs is 1. The third kappa shape index (κ3) is 3.04. The van der Waals surface area contributed by atoms with Gasteiger partial charge in [0.15, 0.2) is 0 Å². The Bertz CT molecular complexity index is 839. The zero-order valence-corrected chi connectivity index (χ0v) is 13.7. The summed E-state index contributed by atoms with van der Waals surface area (Å²) in [6, 6.07) is 18.4. The predicted molar refractivity (Wildman–Crippen MR) is 96.0 cm³/mol. The van der Waals surface area contributed by atoms with E-state index in [0.717, 1.165) is 23.4 Å². The van der Waals surface area contributed by atoms with E-state index in [1.807, 2.05) is 18.2 Å². The summed E-state index contributed by atoms with van der Waals surface area (Å²) in [5.41, 5.74) is 3.52. The van der Waals surface area contributed by atoms with Crippen LogP contribution in [0.4, 0.5) is 5.69 Å². The second-order valence-electron chi connectivity index (χ2n) is 5.44. The van der Waals surface area contributed by atoms with Crippen LogP contribution in [-0.2, 0) is 6.54 Å². The van der Waals surface area contributed by atoms with E-state index in [9.17, 15) is 4.79 Å². The van der Waals surface area contributed by atoms with Gasteiger partial charge in [-0.15, -0.1) is 0 Å². The monoisotopic (exact) mass is 309 g/mol. The molecule has 3 heteroatoms. The fraction of sp³-hybridized carbons (Fsp3) is 0.211. The quantitative estimate of drug-likeness (QED) is 0.702. The van der Waals surface area contributed by atoms with Crippen molar-refractivity contribution < 1.29 is 0 Å². The number of aryl methyl sites for hydroxylation is 1. The van der Waals surface area contributed by atoms with Gasteiger partial charge in [0.1, 0.15) is 0 Å². The minimum Gasteiger partial charge on any atom is -0.367 e. The molecule has 0 aliphatic rings. The third-order valence-corrected chi connectivity index (χ3v) is 4.74. The van der Waals surface area contributed by atoms with Gasteiger partial charge in [-0.3, -0.25) is 4.79 Å². The summed E-state index contributed by atoms with van der Waals surface area (Å²) in [7, 11) is 0. The normalized spacial score (nSPS) is 10.8. The molecule has 0 unspecified atom stereocenters. The lowest BCUT2D eigenvalue weighted by molar-refractivity contribution is 0.836. The van der Waals surface area contributed by atoms with Gasteiger partial charge in [0, 0.05) is 29.5 Å². The number of anilines is 1. The third-order valence-electron chi connectivity index (χ3n) is 3.85. The van der Waals surface area contributed by atoms with Gasteiger partial charge in [0.05, 0.1) is 0 Å². The SMILES string of the molecule is CCN(Cc1cc(=O)sc2ccc(C)cc12)c1ccccc1. The maximum absolute atomic E-state index is 12.0. The molecule has 112 valence electrons. The molecule has 3 aromatic rings. The van der Waals surface area contributed by atoms with Crippen LogP contribution in [0.5, 0.6) is 0 Å². The van der Waals surface area contributed by atoms with Crippen LogP contribution in [-0.4, -0.2) is 6.54 Å². The van der Waals surface area contributed by atoms with Gasteiger partial charge in [-0.05, 0) is 43.0 Å². The molecule has 0 radical (unpaired) electrons. The smallest absolute Gasteiger partial charge is 0.233 e. The maximum atomic E-state index is 12.0. The van der Waals surface area contributed by atoms with E-state index < -0.39 is 0 Å². The van der Waals surface area contributed by atoms with Crippen molar-refractivity contribution in [1.82, 2.24) is 0 Å². The number of nitrogens with zero attached hydrogens (tertiary/aromatic N) is 1. The molecule has 0 amide bonds. The highest BCUT2D eigenvalue weighted by molar-refractivity contribution is 7.16. The van der Waals surface area contributed by atoms with Gasteiger partial charge in [-0.25, -0.2) is 0 Å². The molecule has 0 fully saturated rings. The molecule has 0 aliphatic heterocycles. The summed E-state index contributed by atoms with van der Waals surface area (Å²) in [4.78, 5) is 14.3. The fourth-order valence-corrected chi connectivity index (χ4v) is 3.56. The molecule has 22 heavy (non-hydrogen) atoms. The highest BCUT2D eigenvalue weighted by Crippen LogP contribution is 2.24. The molecule has 0 atom stereocenters. The van der Waals surface area contributed by atoms with Gasteiger partial charge < -0.3 is 4.90 Å². The first-order valence-corrected chi connectivity index (χ1v) is 8.32. The molecule has 1 aromatic heterocycles. The highest BCUT2D eigenvalue weighted by Gasteiger charge is 2.09. The standard InChI is InChI=1S/C19H19NOS/c1-3-20(16-7-5-4-6-8-16)13-15-12-19(21)22-18-10-9-14(2)11-17(15)18/h4-12H,3,13H2,1-2H3. The molecule has 2 nitrogen and oxygen atoms in total. The number of para-hydroxylation sites is 1. The van der Waals surface area contributed by atoms with Crippen molar-refractivity contribution in [1.29, 1.82) is 0 Å². The van der Waals surface area contributed by atoms with Crippen LogP contribution in [0.2, 0.25) is 0 Å². The Labute approximate surface area is 134 Å². The van der Waals surface area contributed by atoms with Crippen LogP contribution in [0.15, 0.2) is 59.4 Å². The lowest BCUT2D eigenvalue weighted by Gasteiger charge is -2.23. The lowest BCUT2D eigenvalue weighted by atomic mass is 10.1. The molecule has 0 bridgehead atoms. The van der Waals surface area contributed by atoms with Gasteiger partial charge in [0.25, 0.3) is 0 Å². The average Bonchev–Trinajstić information content (AvgIpc) is 2.53.